The van der Waals surface area contributed by atoms with Crippen LogP contribution in [0.4, 0.5) is 0 Å². The molecule has 0 radical (unpaired) electrons. The van der Waals surface area contributed by atoms with Crippen LogP contribution >= 0.6 is 0 Å². The van der Waals surface area contributed by atoms with E-state index in [-0.39, 0.29) is 41.0 Å². The normalized spacial score (nSPS) is 40.5. The molecule has 3 saturated carbocycles. The van der Waals surface area contributed by atoms with Crippen LogP contribution < -0.4 is 0 Å². The van der Waals surface area contributed by atoms with Gasteiger partial charge in [-0.1, -0.05) is 59.5 Å². The molecule has 0 aromatic carbocycles. The second-order valence-corrected chi connectivity index (χ2v) is 14.2. The molecule has 0 saturated heterocycles. The minimum absolute atomic E-state index is 0.0408. The van der Waals surface area contributed by atoms with Gasteiger partial charge in [0.05, 0.1) is 6.10 Å². The molecule has 0 unspecified atom stereocenters. The van der Waals surface area contributed by atoms with Crippen LogP contribution in [-0.4, -0.2) is 53.2 Å². The summed E-state index contributed by atoms with van der Waals surface area (Å²) in [6.07, 6.45) is 4.39. The monoisotopic (exact) mass is 574 g/mol. The summed E-state index contributed by atoms with van der Waals surface area (Å²) in [5, 5.41) is 12.1. The highest BCUT2D eigenvalue weighted by Gasteiger charge is 2.72. The number of carbonyl (C=O) groups excluding carboxylic acids is 4. The lowest BCUT2D eigenvalue weighted by atomic mass is 9.45. The maximum absolute atomic E-state index is 14.1. The number of ether oxygens (including phenoxy) is 3. The van der Waals surface area contributed by atoms with Gasteiger partial charge in [-0.3, -0.25) is 19.2 Å². The number of aliphatic hydroxyl groups is 1. The molecule has 0 spiro atoms. The summed E-state index contributed by atoms with van der Waals surface area (Å²) in [6, 6.07) is 0. The maximum atomic E-state index is 14.1. The van der Waals surface area contributed by atoms with Gasteiger partial charge in [0, 0.05) is 50.4 Å². The Bertz CT molecular complexity index is 1080. The molecule has 0 aromatic heterocycles. The van der Waals surface area contributed by atoms with E-state index in [0.717, 1.165) is 31.3 Å². The molecule has 0 aliphatic heterocycles. The standard InChI is InChI=1S/C33H50O8/c1-17(2)10-9-11-18(3)28-30(40-20(5)35)31(41-21(6)36)29-27-24(16-26(38)33(28,29)8)32(7)13-12-23(39-19(4)34)14-22(32)15-25(27)37/h15,17-18,23-24,26-31,38H,9-14,16H2,1-8H3/t18-,23+,24+,26-,27+,28+,29-,30-,31-,32+,33-/m1/s1. The lowest BCUT2D eigenvalue weighted by Crippen LogP contribution is -2.60. The molecule has 0 amide bonds. The van der Waals surface area contributed by atoms with Gasteiger partial charge in [0.15, 0.2) is 5.78 Å². The fraction of sp³-hybridized carbons (Fsp3) is 0.818. The number of carbonyl (C=O) groups is 4. The second-order valence-electron chi connectivity index (χ2n) is 14.2. The van der Waals surface area contributed by atoms with Gasteiger partial charge in [0.2, 0.25) is 0 Å². The largest absolute Gasteiger partial charge is 0.462 e. The summed E-state index contributed by atoms with van der Waals surface area (Å²) in [7, 11) is 0. The molecule has 8 heteroatoms. The van der Waals surface area contributed by atoms with E-state index in [4.69, 9.17) is 14.2 Å². The Kier molecular flexibility index (Phi) is 9.14. The average Bonchev–Trinajstić information content (AvgIpc) is 3.07. The topological polar surface area (TPSA) is 116 Å². The quantitative estimate of drug-likeness (QED) is 0.311. The summed E-state index contributed by atoms with van der Waals surface area (Å²) in [4.78, 5) is 50.7. The van der Waals surface area contributed by atoms with Crippen molar-refractivity contribution in [3.63, 3.8) is 0 Å². The average molecular weight is 575 g/mol. The zero-order valence-corrected chi connectivity index (χ0v) is 26.1. The molecule has 0 aromatic rings. The van der Waals surface area contributed by atoms with Gasteiger partial charge < -0.3 is 19.3 Å². The van der Waals surface area contributed by atoms with Gasteiger partial charge in [-0.05, 0) is 48.5 Å². The van der Waals surface area contributed by atoms with Crippen molar-refractivity contribution in [2.75, 3.05) is 0 Å². The zero-order valence-electron chi connectivity index (χ0n) is 26.1. The highest BCUT2D eigenvalue weighted by molar-refractivity contribution is 5.95. The van der Waals surface area contributed by atoms with Crippen LogP contribution in [0.25, 0.3) is 0 Å². The summed E-state index contributed by atoms with van der Waals surface area (Å²) in [5.41, 5.74) is -0.199. The summed E-state index contributed by atoms with van der Waals surface area (Å²) in [6.45, 7) is 14.8. The SMILES string of the molecule is CC(=O)O[C@H]1CC[C@@]2(C)C(=CC(=O)[C@H]3[C@@H]4[C@@H](OC(C)=O)[C@H](OC(C)=O)[C@H]([C@H](C)CCCC(C)C)[C@@]4(C)[C@H](O)C[C@@H]32)C1. The van der Waals surface area contributed by atoms with Crippen molar-refractivity contribution < 1.29 is 38.5 Å². The lowest BCUT2D eigenvalue weighted by Gasteiger charge is -2.59. The fourth-order valence-corrected chi connectivity index (χ4v) is 9.38. The van der Waals surface area contributed by atoms with E-state index < -0.39 is 47.5 Å². The van der Waals surface area contributed by atoms with Crippen LogP contribution in [0.2, 0.25) is 0 Å². The van der Waals surface area contributed by atoms with Crippen LogP contribution in [0.1, 0.15) is 100 Å². The van der Waals surface area contributed by atoms with E-state index >= 15 is 0 Å². The van der Waals surface area contributed by atoms with Gasteiger partial charge in [-0.2, -0.15) is 0 Å². The number of hydrogen-bond acceptors (Lipinski definition) is 8. The third kappa shape index (κ3) is 5.74. The first kappa shape index (κ1) is 31.7. The summed E-state index contributed by atoms with van der Waals surface area (Å²) < 4.78 is 17.5. The molecule has 0 bridgehead atoms. The lowest BCUT2D eigenvalue weighted by molar-refractivity contribution is -0.177. The van der Waals surface area contributed by atoms with Crippen molar-refractivity contribution in [1.29, 1.82) is 0 Å². The molecule has 8 nitrogen and oxygen atoms in total. The number of esters is 3. The van der Waals surface area contributed by atoms with Gasteiger partial charge >= 0.3 is 17.9 Å². The van der Waals surface area contributed by atoms with Gasteiger partial charge in [-0.25, -0.2) is 0 Å². The molecule has 3 fully saturated rings. The molecule has 0 heterocycles. The minimum Gasteiger partial charge on any atom is -0.462 e. The smallest absolute Gasteiger partial charge is 0.303 e. The van der Waals surface area contributed by atoms with Crippen molar-refractivity contribution in [2.45, 2.75) is 125 Å². The predicted octanol–water partition coefficient (Wildman–Crippen LogP) is 5.19. The molecular formula is C33H50O8. The van der Waals surface area contributed by atoms with Crippen molar-refractivity contribution >= 4 is 23.7 Å². The van der Waals surface area contributed by atoms with E-state index in [1.807, 2.05) is 6.92 Å². The minimum atomic E-state index is -0.832. The van der Waals surface area contributed by atoms with Crippen molar-refractivity contribution in [3.8, 4) is 0 Å². The molecule has 4 aliphatic carbocycles. The molecule has 230 valence electrons. The maximum Gasteiger partial charge on any atom is 0.303 e. The summed E-state index contributed by atoms with van der Waals surface area (Å²) >= 11 is 0. The van der Waals surface area contributed by atoms with Crippen molar-refractivity contribution in [3.05, 3.63) is 11.6 Å². The van der Waals surface area contributed by atoms with E-state index in [1.54, 1.807) is 6.08 Å². The number of rotatable bonds is 8. The Labute approximate surface area is 244 Å². The van der Waals surface area contributed by atoms with Gasteiger partial charge in [-0.15, -0.1) is 0 Å². The van der Waals surface area contributed by atoms with Crippen molar-refractivity contribution in [2.24, 2.45) is 46.3 Å². The first-order valence-corrected chi connectivity index (χ1v) is 15.6. The first-order chi connectivity index (χ1) is 19.1. The Morgan fingerprint density at radius 3 is 2.17 bits per heavy atom. The zero-order chi connectivity index (χ0) is 30.4. The highest BCUT2D eigenvalue weighted by atomic mass is 16.6. The molecular weight excluding hydrogens is 524 g/mol. The molecule has 1 N–H and O–H groups in total. The van der Waals surface area contributed by atoms with E-state index in [0.29, 0.717) is 25.2 Å². The van der Waals surface area contributed by atoms with Crippen LogP contribution in [-0.2, 0) is 33.4 Å². The van der Waals surface area contributed by atoms with Crippen molar-refractivity contribution in [1.82, 2.24) is 0 Å². The predicted molar refractivity (Wildman–Crippen MR) is 152 cm³/mol. The molecule has 4 aliphatic rings. The van der Waals surface area contributed by atoms with Gasteiger partial charge in [0.1, 0.15) is 18.3 Å². The molecule has 11 atom stereocenters. The van der Waals surface area contributed by atoms with Crippen LogP contribution in [0.5, 0.6) is 0 Å². The number of hydrogen-bond donors (Lipinski definition) is 1. The van der Waals surface area contributed by atoms with Crippen LogP contribution in [0.15, 0.2) is 11.6 Å². The number of ketones is 1. The highest BCUT2D eigenvalue weighted by Crippen LogP contribution is 2.67. The number of fused-ring (bicyclic) bond motifs is 5. The Balaban J connectivity index is 1.79. The van der Waals surface area contributed by atoms with Gasteiger partial charge in [0.25, 0.3) is 0 Å². The first-order valence-electron chi connectivity index (χ1n) is 15.6. The number of aliphatic hydroxyl groups excluding tert-OH is 1. The number of allylic oxidation sites excluding steroid dienone is 1. The Hall–Kier alpha value is -2.22. The molecule has 41 heavy (non-hydrogen) atoms. The molecule has 4 rings (SSSR count). The van der Waals surface area contributed by atoms with E-state index in [2.05, 4.69) is 27.7 Å². The third-order valence-corrected chi connectivity index (χ3v) is 11.1. The second kappa shape index (κ2) is 11.8. The fourth-order valence-electron chi connectivity index (χ4n) is 9.38. The Morgan fingerprint density at radius 2 is 1.59 bits per heavy atom. The summed E-state index contributed by atoms with van der Waals surface area (Å²) in [5.74, 6) is -2.15. The van der Waals surface area contributed by atoms with Crippen LogP contribution in [0, 0.1) is 46.3 Å². The van der Waals surface area contributed by atoms with E-state index in [9.17, 15) is 24.3 Å². The van der Waals surface area contributed by atoms with E-state index in [1.165, 1.54) is 20.8 Å². The Morgan fingerprint density at radius 1 is 0.976 bits per heavy atom. The van der Waals surface area contributed by atoms with Crippen LogP contribution in [0.3, 0.4) is 0 Å². The third-order valence-electron chi connectivity index (χ3n) is 11.1.